The summed E-state index contributed by atoms with van der Waals surface area (Å²) in [5.74, 6) is -0.262. The lowest BCUT2D eigenvalue weighted by molar-refractivity contribution is -0.129. The van der Waals surface area contributed by atoms with Gasteiger partial charge in [-0.05, 0) is 43.5 Å². The van der Waals surface area contributed by atoms with Gasteiger partial charge in [0.15, 0.2) is 11.7 Å². The maximum atomic E-state index is 12.6. The molecule has 0 aliphatic heterocycles. The molecule has 0 radical (unpaired) electrons. The highest BCUT2D eigenvalue weighted by molar-refractivity contribution is 7.98. The molecule has 4 rings (SSSR count). The first-order valence-corrected chi connectivity index (χ1v) is 10.2. The third-order valence-corrected chi connectivity index (χ3v) is 5.32. The summed E-state index contributed by atoms with van der Waals surface area (Å²) in [6, 6.07) is 15.0. The number of esters is 1. The lowest BCUT2D eigenvalue weighted by Gasteiger charge is -2.14. The summed E-state index contributed by atoms with van der Waals surface area (Å²) >= 11 is 1.41. The summed E-state index contributed by atoms with van der Waals surface area (Å²) in [6.07, 6.45) is 1.15. The summed E-state index contributed by atoms with van der Waals surface area (Å²) in [5.41, 5.74) is 2.77. The number of aromatic nitrogens is 1. The second-order valence-corrected chi connectivity index (χ2v) is 7.65. The number of hydrogen-bond donors (Lipinski definition) is 1. The summed E-state index contributed by atoms with van der Waals surface area (Å²) in [6.45, 7) is 1.59. The Morgan fingerprint density at radius 2 is 1.96 bits per heavy atom. The van der Waals surface area contributed by atoms with E-state index in [4.69, 9.17) is 9.15 Å². The van der Waals surface area contributed by atoms with E-state index in [9.17, 15) is 9.59 Å². The van der Waals surface area contributed by atoms with Crippen LogP contribution >= 0.6 is 11.8 Å². The molecule has 1 aliphatic rings. The van der Waals surface area contributed by atoms with Crippen LogP contribution in [0.5, 0.6) is 0 Å². The number of nitrogens with zero attached hydrogens (tertiary/aromatic N) is 1. The number of oxazole rings is 1. The van der Waals surface area contributed by atoms with Gasteiger partial charge in [0.25, 0.3) is 11.1 Å². The van der Waals surface area contributed by atoms with Gasteiger partial charge in [0.2, 0.25) is 0 Å². The van der Waals surface area contributed by atoms with E-state index in [2.05, 4.69) is 10.3 Å². The topological polar surface area (TPSA) is 81.4 Å². The maximum Gasteiger partial charge on any atom is 0.339 e. The molecule has 1 N–H and O–H groups in total. The molecular weight excluding hydrogens is 376 g/mol. The van der Waals surface area contributed by atoms with Crippen LogP contribution in [0.3, 0.4) is 0 Å². The van der Waals surface area contributed by atoms with Crippen LogP contribution in [0.1, 0.15) is 35.7 Å². The van der Waals surface area contributed by atoms with Crippen molar-refractivity contribution in [3.63, 3.8) is 0 Å². The Labute approximate surface area is 166 Å². The number of carbonyl (C=O) groups excluding carboxylic acids is 2. The van der Waals surface area contributed by atoms with Crippen LogP contribution < -0.4 is 5.32 Å². The first-order valence-electron chi connectivity index (χ1n) is 9.18. The Hall–Kier alpha value is -2.80. The molecule has 1 atom stereocenters. The standard InChI is InChI=1S/C21H20N2O4S/c1-13(19(24)22-15-10-11-15)26-20(25)16-7-3-2-6-14(16)12-28-21-23-17-8-4-5-9-18(17)27-21/h2-9,13,15H,10-12H2,1H3,(H,22,24)/t13-/m1/s1. The van der Waals surface area contributed by atoms with Gasteiger partial charge in [0.1, 0.15) is 5.52 Å². The first kappa shape index (κ1) is 18.6. The summed E-state index contributed by atoms with van der Waals surface area (Å²) in [4.78, 5) is 29.0. The SMILES string of the molecule is C[C@@H](OC(=O)c1ccccc1CSc1nc2ccccc2o1)C(=O)NC1CC1. The number of para-hydroxylation sites is 2. The molecule has 0 saturated heterocycles. The van der Waals surface area contributed by atoms with Crippen molar-refractivity contribution in [1.82, 2.24) is 10.3 Å². The number of thioether (sulfide) groups is 1. The average Bonchev–Trinajstić information content (AvgIpc) is 3.41. The zero-order valence-corrected chi connectivity index (χ0v) is 16.2. The molecule has 6 nitrogen and oxygen atoms in total. The first-order chi connectivity index (χ1) is 13.6. The predicted molar refractivity (Wildman–Crippen MR) is 106 cm³/mol. The molecule has 3 aromatic rings. The molecule has 7 heteroatoms. The van der Waals surface area contributed by atoms with Gasteiger partial charge in [-0.2, -0.15) is 0 Å². The van der Waals surface area contributed by atoms with Gasteiger partial charge in [-0.25, -0.2) is 9.78 Å². The number of benzene rings is 2. The number of carbonyl (C=O) groups is 2. The molecule has 0 unspecified atom stereocenters. The smallest absolute Gasteiger partial charge is 0.339 e. The summed E-state index contributed by atoms with van der Waals surface area (Å²) in [5, 5.41) is 3.39. The number of hydrogen-bond acceptors (Lipinski definition) is 6. The molecular formula is C21H20N2O4S. The highest BCUT2D eigenvalue weighted by atomic mass is 32.2. The van der Waals surface area contributed by atoms with E-state index in [0.717, 1.165) is 29.5 Å². The molecule has 1 aliphatic carbocycles. The van der Waals surface area contributed by atoms with E-state index >= 15 is 0 Å². The zero-order chi connectivity index (χ0) is 19.5. The van der Waals surface area contributed by atoms with Crippen LogP contribution in [0.4, 0.5) is 0 Å². The molecule has 0 spiro atoms. The molecule has 0 bridgehead atoms. The minimum absolute atomic E-state index is 0.230. The van der Waals surface area contributed by atoms with E-state index < -0.39 is 12.1 Å². The van der Waals surface area contributed by atoms with Gasteiger partial charge in [-0.15, -0.1) is 0 Å². The Morgan fingerprint density at radius 1 is 1.21 bits per heavy atom. The summed E-state index contributed by atoms with van der Waals surface area (Å²) < 4.78 is 11.1. The van der Waals surface area contributed by atoms with E-state index in [1.54, 1.807) is 19.1 Å². The number of fused-ring (bicyclic) bond motifs is 1. The van der Waals surface area contributed by atoms with Gasteiger partial charge < -0.3 is 14.5 Å². The Morgan fingerprint density at radius 3 is 2.75 bits per heavy atom. The van der Waals surface area contributed by atoms with Crippen LogP contribution in [0, 0.1) is 0 Å². The number of ether oxygens (including phenoxy) is 1. The van der Waals surface area contributed by atoms with E-state index in [0.29, 0.717) is 16.5 Å². The molecule has 1 heterocycles. The quantitative estimate of drug-likeness (QED) is 0.481. The highest BCUT2D eigenvalue weighted by Gasteiger charge is 2.27. The van der Waals surface area contributed by atoms with Crippen molar-refractivity contribution in [1.29, 1.82) is 0 Å². The number of amides is 1. The van der Waals surface area contributed by atoms with Gasteiger partial charge in [0, 0.05) is 11.8 Å². The van der Waals surface area contributed by atoms with Crippen LogP contribution in [0.25, 0.3) is 11.1 Å². The fraction of sp³-hybridized carbons (Fsp3) is 0.286. The molecule has 144 valence electrons. The Kier molecular flexibility index (Phi) is 5.34. The highest BCUT2D eigenvalue weighted by Crippen LogP contribution is 2.27. The van der Waals surface area contributed by atoms with E-state index in [1.807, 2.05) is 36.4 Å². The molecule has 2 aromatic carbocycles. The Balaban J connectivity index is 1.42. The fourth-order valence-corrected chi connectivity index (χ4v) is 3.56. The van der Waals surface area contributed by atoms with Crippen LogP contribution in [0.2, 0.25) is 0 Å². The second-order valence-electron chi connectivity index (χ2n) is 6.72. The lowest BCUT2D eigenvalue weighted by Crippen LogP contribution is -2.37. The van der Waals surface area contributed by atoms with Crippen molar-refractivity contribution >= 4 is 34.7 Å². The largest absolute Gasteiger partial charge is 0.449 e. The number of rotatable bonds is 7. The van der Waals surface area contributed by atoms with Crippen molar-refractivity contribution in [2.75, 3.05) is 0 Å². The van der Waals surface area contributed by atoms with Gasteiger partial charge in [-0.1, -0.05) is 42.1 Å². The van der Waals surface area contributed by atoms with Crippen molar-refractivity contribution in [3.05, 3.63) is 59.7 Å². The average molecular weight is 396 g/mol. The van der Waals surface area contributed by atoms with Gasteiger partial charge in [0.05, 0.1) is 5.56 Å². The lowest BCUT2D eigenvalue weighted by atomic mass is 10.1. The van der Waals surface area contributed by atoms with Crippen LogP contribution in [0.15, 0.2) is 58.2 Å². The molecule has 1 fully saturated rings. The third-order valence-electron chi connectivity index (χ3n) is 4.44. The van der Waals surface area contributed by atoms with E-state index in [1.165, 1.54) is 11.8 Å². The minimum Gasteiger partial charge on any atom is -0.449 e. The van der Waals surface area contributed by atoms with Crippen LogP contribution in [-0.2, 0) is 15.3 Å². The molecule has 28 heavy (non-hydrogen) atoms. The minimum atomic E-state index is -0.828. The van der Waals surface area contributed by atoms with E-state index in [-0.39, 0.29) is 11.9 Å². The molecule has 1 amide bonds. The Bertz CT molecular complexity index is 979. The van der Waals surface area contributed by atoms with Gasteiger partial charge in [-0.3, -0.25) is 4.79 Å². The number of nitrogens with one attached hydrogen (secondary N) is 1. The van der Waals surface area contributed by atoms with Gasteiger partial charge >= 0.3 is 5.97 Å². The van der Waals surface area contributed by atoms with Crippen molar-refractivity contribution in [2.24, 2.45) is 0 Å². The van der Waals surface area contributed by atoms with Crippen molar-refractivity contribution in [2.45, 2.75) is 42.9 Å². The van der Waals surface area contributed by atoms with Crippen molar-refractivity contribution < 1.29 is 18.7 Å². The second kappa shape index (κ2) is 8.06. The fourth-order valence-electron chi connectivity index (χ4n) is 2.72. The monoisotopic (exact) mass is 396 g/mol. The predicted octanol–water partition coefficient (Wildman–Crippen LogP) is 3.94. The zero-order valence-electron chi connectivity index (χ0n) is 15.4. The van der Waals surface area contributed by atoms with Crippen molar-refractivity contribution in [3.8, 4) is 0 Å². The maximum absolute atomic E-state index is 12.6. The summed E-state index contributed by atoms with van der Waals surface area (Å²) in [7, 11) is 0. The normalized spacial score (nSPS) is 14.6. The van der Waals surface area contributed by atoms with Crippen LogP contribution in [-0.4, -0.2) is 29.0 Å². The molecule has 1 saturated carbocycles. The molecule has 1 aromatic heterocycles. The third kappa shape index (κ3) is 4.36.